The van der Waals surface area contributed by atoms with Crippen molar-refractivity contribution < 1.29 is 14.4 Å². The number of β-amino-alcohol motifs (C(OH)–C–C–N with tert-alkyl or cyclic N) is 1. The molecule has 21 heavy (non-hydrogen) atoms. The number of aryl methyl sites for hydroxylation is 1. The van der Waals surface area contributed by atoms with Gasteiger partial charge in [0.2, 0.25) is 0 Å². The summed E-state index contributed by atoms with van der Waals surface area (Å²) in [5.74, 6) is 1.65. The second kappa shape index (κ2) is 5.87. The van der Waals surface area contributed by atoms with Crippen molar-refractivity contribution in [2.75, 3.05) is 13.7 Å². The van der Waals surface area contributed by atoms with Crippen LogP contribution >= 0.6 is 0 Å². The van der Waals surface area contributed by atoms with Gasteiger partial charge in [-0.1, -0.05) is 17.3 Å². The molecule has 112 valence electrons. The number of ether oxygens (including phenoxy) is 1. The first kappa shape index (κ1) is 14.1. The SMILES string of the molecule is COc1cccc(C2CC(O)CN2Cc2cc(C)on2)c1. The van der Waals surface area contributed by atoms with Crippen LogP contribution in [0.25, 0.3) is 0 Å². The first-order valence-electron chi connectivity index (χ1n) is 7.14. The van der Waals surface area contributed by atoms with Gasteiger partial charge in [-0.3, -0.25) is 4.90 Å². The van der Waals surface area contributed by atoms with Gasteiger partial charge < -0.3 is 14.4 Å². The van der Waals surface area contributed by atoms with E-state index in [1.807, 2.05) is 31.2 Å². The lowest BCUT2D eigenvalue weighted by Crippen LogP contribution is -2.24. The zero-order chi connectivity index (χ0) is 14.8. The van der Waals surface area contributed by atoms with Gasteiger partial charge in [-0.2, -0.15) is 0 Å². The summed E-state index contributed by atoms with van der Waals surface area (Å²) in [6.07, 6.45) is 0.415. The Balaban J connectivity index is 1.81. The molecule has 1 N–H and O–H groups in total. The minimum Gasteiger partial charge on any atom is -0.497 e. The van der Waals surface area contributed by atoms with Crippen LogP contribution < -0.4 is 4.74 Å². The zero-order valence-electron chi connectivity index (χ0n) is 12.3. The van der Waals surface area contributed by atoms with Gasteiger partial charge in [-0.25, -0.2) is 0 Å². The minimum atomic E-state index is -0.311. The zero-order valence-corrected chi connectivity index (χ0v) is 12.3. The average Bonchev–Trinajstić information content (AvgIpc) is 3.05. The van der Waals surface area contributed by atoms with E-state index in [0.29, 0.717) is 13.1 Å². The molecule has 0 amide bonds. The maximum Gasteiger partial charge on any atom is 0.133 e. The quantitative estimate of drug-likeness (QED) is 0.935. The van der Waals surface area contributed by atoms with Crippen LogP contribution in [-0.2, 0) is 6.54 Å². The fourth-order valence-electron chi connectivity index (χ4n) is 2.95. The van der Waals surface area contributed by atoms with Crippen molar-refractivity contribution in [3.05, 3.63) is 47.3 Å². The summed E-state index contributed by atoms with van der Waals surface area (Å²) in [6.45, 7) is 3.21. The van der Waals surface area contributed by atoms with E-state index in [1.165, 1.54) is 0 Å². The summed E-state index contributed by atoms with van der Waals surface area (Å²) in [7, 11) is 1.67. The highest BCUT2D eigenvalue weighted by molar-refractivity contribution is 5.31. The largest absolute Gasteiger partial charge is 0.497 e. The Morgan fingerprint density at radius 1 is 1.43 bits per heavy atom. The lowest BCUT2D eigenvalue weighted by atomic mass is 10.0. The third kappa shape index (κ3) is 3.09. The van der Waals surface area contributed by atoms with Crippen molar-refractivity contribution in [3.63, 3.8) is 0 Å². The highest BCUT2D eigenvalue weighted by atomic mass is 16.5. The molecule has 1 aliphatic rings. The molecule has 1 aliphatic heterocycles. The molecule has 5 heteroatoms. The molecule has 1 saturated heterocycles. The van der Waals surface area contributed by atoms with Crippen LogP contribution in [0.5, 0.6) is 5.75 Å². The van der Waals surface area contributed by atoms with E-state index in [0.717, 1.165) is 29.2 Å². The van der Waals surface area contributed by atoms with Crippen molar-refractivity contribution in [1.82, 2.24) is 10.1 Å². The lowest BCUT2D eigenvalue weighted by Gasteiger charge is -2.23. The van der Waals surface area contributed by atoms with Crippen LogP contribution in [-0.4, -0.2) is 34.9 Å². The number of nitrogens with zero attached hydrogens (tertiary/aromatic N) is 2. The molecule has 3 rings (SSSR count). The number of aromatic nitrogens is 1. The van der Waals surface area contributed by atoms with E-state index in [4.69, 9.17) is 9.26 Å². The molecular weight excluding hydrogens is 268 g/mol. The number of rotatable bonds is 4. The van der Waals surface area contributed by atoms with Gasteiger partial charge in [0.15, 0.2) is 0 Å². The predicted molar refractivity (Wildman–Crippen MR) is 78.0 cm³/mol. The Bertz CT molecular complexity index is 611. The Labute approximate surface area is 124 Å². The molecule has 5 nitrogen and oxygen atoms in total. The van der Waals surface area contributed by atoms with Crippen molar-refractivity contribution in [2.45, 2.75) is 32.0 Å². The van der Waals surface area contributed by atoms with Gasteiger partial charge >= 0.3 is 0 Å². The summed E-state index contributed by atoms with van der Waals surface area (Å²) in [6, 6.07) is 10.1. The molecule has 0 aliphatic carbocycles. The monoisotopic (exact) mass is 288 g/mol. The van der Waals surface area contributed by atoms with Crippen LogP contribution in [0.1, 0.15) is 29.5 Å². The summed E-state index contributed by atoms with van der Waals surface area (Å²) in [5.41, 5.74) is 2.06. The van der Waals surface area contributed by atoms with Gasteiger partial charge in [0.25, 0.3) is 0 Å². The predicted octanol–water partition coefficient (Wildman–Crippen LogP) is 2.30. The third-order valence-electron chi connectivity index (χ3n) is 3.90. The van der Waals surface area contributed by atoms with Crippen molar-refractivity contribution >= 4 is 0 Å². The molecule has 2 unspecified atom stereocenters. The molecule has 1 fully saturated rings. The molecule has 0 bridgehead atoms. The lowest BCUT2D eigenvalue weighted by molar-refractivity contribution is 0.171. The molecular formula is C16H20N2O3. The molecule has 1 aromatic heterocycles. The summed E-state index contributed by atoms with van der Waals surface area (Å²) in [5, 5.41) is 14.1. The highest BCUT2D eigenvalue weighted by Gasteiger charge is 2.32. The summed E-state index contributed by atoms with van der Waals surface area (Å²) >= 11 is 0. The Kier molecular flexibility index (Phi) is 3.94. The molecule has 2 heterocycles. The van der Waals surface area contributed by atoms with Crippen molar-refractivity contribution in [2.24, 2.45) is 0 Å². The smallest absolute Gasteiger partial charge is 0.133 e. The minimum absolute atomic E-state index is 0.173. The van der Waals surface area contributed by atoms with Crippen molar-refractivity contribution in [1.29, 1.82) is 0 Å². The molecule has 2 atom stereocenters. The van der Waals surface area contributed by atoms with Crippen molar-refractivity contribution in [3.8, 4) is 5.75 Å². The van der Waals surface area contributed by atoms with E-state index in [9.17, 15) is 5.11 Å². The number of aliphatic hydroxyl groups excluding tert-OH is 1. The number of likely N-dealkylation sites (tertiary alicyclic amines) is 1. The van der Waals surface area contributed by atoms with Gasteiger partial charge in [0, 0.05) is 25.2 Å². The third-order valence-corrected chi connectivity index (χ3v) is 3.90. The maximum atomic E-state index is 10.0. The van der Waals surface area contributed by atoms with E-state index in [-0.39, 0.29) is 12.1 Å². The Morgan fingerprint density at radius 2 is 2.29 bits per heavy atom. The van der Waals surface area contributed by atoms with Gasteiger partial charge in [0.1, 0.15) is 11.5 Å². The van der Waals surface area contributed by atoms with Gasteiger partial charge in [-0.15, -0.1) is 0 Å². The van der Waals surface area contributed by atoms with Crippen LogP contribution in [0.2, 0.25) is 0 Å². The maximum absolute atomic E-state index is 10.0. The number of hydrogen-bond donors (Lipinski definition) is 1. The standard InChI is InChI=1S/C16H20N2O3/c1-11-6-13(17-21-11)9-18-10-14(19)8-16(18)12-4-3-5-15(7-12)20-2/h3-7,14,16,19H,8-10H2,1-2H3. The van der Waals surface area contributed by atoms with Crippen LogP contribution in [0.3, 0.4) is 0 Å². The van der Waals surface area contributed by atoms with Crippen LogP contribution in [0.4, 0.5) is 0 Å². The number of benzene rings is 1. The first-order chi connectivity index (χ1) is 10.2. The fourth-order valence-corrected chi connectivity index (χ4v) is 2.95. The van der Waals surface area contributed by atoms with Gasteiger partial charge in [0.05, 0.1) is 18.9 Å². The van der Waals surface area contributed by atoms with Crippen LogP contribution in [0.15, 0.2) is 34.9 Å². The first-order valence-corrected chi connectivity index (χ1v) is 7.14. The van der Waals surface area contributed by atoms with E-state index in [1.54, 1.807) is 7.11 Å². The highest BCUT2D eigenvalue weighted by Crippen LogP contribution is 2.34. The van der Waals surface area contributed by atoms with E-state index < -0.39 is 0 Å². The molecule has 0 radical (unpaired) electrons. The van der Waals surface area contributed by atoms with E-state index >= 15 is 0 Å². The molecule has 0 spiro atoms. The Morgan fingerprint density at radius 3 is 3.00 bits per heavy atom. The average molecular weight is 288 g/mol. The van der Waals surface area contributed by atoms with E-state index in [2.05, 4.69) is 16.1 Å². The molecule has 2 aromatic rings. The van der Waals surface area contributed by atoms with Gasteiger partial charge in [-0.05, 0) is 31.0 Å². The second-order valence-electron chi connectivity index (χ2n) is 5.54. The Hall–Kier alpha value is -1.85. The topological polar surface area (TPSA) is 58.7 Å². The fraction of sp³-hybridized carbons (Fsp3) is 0.438. The number of methoxy groups -OCH3 is 1. The normalized spacial score (nSPS) is 22.6. The van der Waals surface area contributed by atoms with Crippen LogP contribution in [0, 0.1) is 6.92 Å². The summed E-state index contributed by atoms with van der Waals surface area (Å²) < 4.78 is 10.4. The molecule has 0 saturated carbocycles. The summed E-state index contributed by atoms with van der Waals surface area (Å²) in [4.78, 5) is 2.23. The number of aliphatic hydroxyl groups is 1. The second-order valence-corrected chi connectivity index (χ2v) is 5.54. The number of hydrogen-bond acceptors (Lipinski definition) is 5. The molecule has 1 aromatic carbocycles.